The molecule has 0 fully saturated rings. The van der Waals surface area contributed by atoms with Gasteiger partial charge in [0.25, 0.3) is 0 Å². The Hall–Kier alpha value is -0.610. The van der Waals surface area contributed by atoms with Crippen LogP contribution in [0.25, 0.3) is 0 Å². The van der Waals surface area contributed by atoms with Crippen molar-refractivity contribution in [2.75, 3.05) is 34.2 Å². The van der Waals surface area contributed by atoms with Gasteiger partial charge in [-0.15, -0.1) is 0 Å². The Balaban J connectivity index is -0.000000579. The minimum Gasteiger partial charge on any atom is -0.358 e. The molecule has 0 saturated carbocycles. The molecule has 19 heavy (non-hydrogen) atoms. The van der Waals surface area contributed by atoms with Gasteiger partial charge >= 0.3 is 0 Å². The first-order chi connectivity index (χ1) is 9.06. The van der Waals surface area contributed by atoms with E-state index < -0.39 is 5.54 Å². The number of hydrogen-bond acceptors (Lipinski definition) is 3. The fourth-order valence-electron chi connectivity index (χ4n) is 1.65. The van der Waals surface area contributed by atoms with Crippen LogP contribution in [-0.4, -0.2) is 50.6 Å². The first kappa shape index (κ1) is 23.5. The van der Waals surface area contributed by atoms with Crippen molar-refractivity contribution in [3.8, 4) is 0 Å². The first-order valence-corrected chi connectivity index (χ1v) is 7.66. The normalized spacial score (nSPS) is 12.5. The van der Waals surface area contributed by atoms with Gasteiger partial charge < -0.3 is 15.5 Å². The number of rotatable bonds is 7. The lowest BCUT2D eigenvalue weighted by Crippen LogP contribution is -2.55. The molecule has 0 heterocycles. The molecule has 0 saturated heterocycles. The Kier molecular flexibility index (Phi) is 19.1. The lowest BCUT2D eigenvalue weighted by atomic mass is 9.90. The van der Waals surface area contributed by atoms with Crippen LogP contribution in [0.15, 0.2) is 0 Å². The number of likely N-dealkylation sites (N-methyl/N-ethyl adjacent to an activating group) is 2. The van der Waals surface area contributed by atoms with Gasteiger partial charge in [-0.3, -0.25) is 4.79 Å². The quantitative estimate of drug-likeness (QED) is 0.750. The minimum absolute atomic E-state index is 0.0806. The molecule has 0 radical (unpaired) electrons. The summed E-state index contributed by atoms with van der Waals surface area (Å²) < 4.78 is 0. The molecule has 0 aromatic rings. The third kappa shape index (κ3) is 9.00. The van der Waals surface area contributed by atoms with Crippen molar-refractivity contribution in [1.29, 1.82) is 0 Å². The van der Waals surface area contributed by atoms with Gasteiger partial charge in [-0.25, -0.2) is 0 Å². The highest BCUT2D eigenvalue weighted by atomic mass is 16.2. The predicted molar refractivity (Wildman–Crippen MR) is 86.6 cm³/mol. The molecular weight excluding hydrogens is 238 g/mol. The Bertz CT molecular complexity index is 192. The molecule has 0 spiro atoms. The summed E-state index contributed by atoms with van der Waals surface area (Å²) in [5, 5.41) is 5.89. The lowest BCUT2D eigenvalue weighted by molar-refractivity contribution is -0.127. The topological polar surface area (TPSA) is 44.4 Å². The van der Waals surface area contributed by atoms with Gasteiger partial charge in [0.2, 0.25) is 5.91 Å². The largest absolute Gasteiger partial charge is 0.358 e. The second-order valence-electron chi connectivity index (χ2n) is 3.91. The van der Waals surface area contributed by atoms with Crippen molar-refractivity contribution in [3.05, 3.63) is 0 Å². The number of hydrogen-bond donors (Lipinski definition) is 2. The van der Waals surface area contributed by atoms with Crippen molar-refractivity contribution in [1.82, 2.24) is 15.5 Å². The molecule has 2 N–H and O–H groups in total. The lowest BCUT2D eigenvalue weighted by Gasteiger charge is -2.32. The van der Waals surface area contributed by atoms with Crippen molar-refractivity contribution in [2.45, 2.75) is 59.9 Å². The number of carbonyl (C=O) groups is 1. The van der Waals surface area contributed by atoms with E-state index in [1.165, 1.54) is 0 Å². The monoisotopic (exact) mass is 275 g/mol. The number of carbonyl (C=O) groups excluding carboxylic acids is 1. The standard InChI is InChI=1S/C11H25N3O.2C2H6/c1-6-11(13-4,10(15)12-3)8-9-14(5)7-2;2*1-2/h13H,6-9H2,1-5H3,(H,12,15);2*1-2H3. The summed E-state index contributed by atoms with van der Waals surface area (Å²) in [5.74, 6) is 0.0806. The average molecular weight is 275 g/mol. The highest BCUT2D eigenvalue weighted by molar-refractivity contribution is 5.86. The van der Waals surface area contributed by atoms with Crippen LogP contribution in [0.2, 0.25) is 0 Å². The third-order valence-corrected chi connectivity index (χ3v) is 3.20. The van der Waals surface area contributed by atoms with E-state index in [0.29, 0.717) is 0 Å². The van der Waals surface area contributed by atoms with Crippen molar-refractivity contribution in [3.63, 3.8) is 0 Å². The highest BCUT2D eigenvalue weighted by Gasteiger charge is 2.33. The van der Waals surface area contributed by atoms with Gasteiger partial charge in [-0.1, -0.05) is 41.5 Å². The van der Waals surface area contributed by atoms with Crippen LogP contribution in [0, 0.1) is 0 Å². The maximum Gasteiger partial charge on any atom is 0.240 e. The fraction of sp³-hybridized carbons (Fsp3) is 0.933. The van der Waals surface area contributed by atoms with Crippen molar-refractivity contribution < 1.29 is 4.79 Å². The maximum atomic E-state index is 11.8. The van der Waals surface area contributed by atoms with Crippen LogP contribution in [0.5, 0.6) is 0 Å². The first-order valence-electron chi connectivity index (χ1n) is 7.66. The molecule has 0 aromatic heterocycles. The smallest absolute Gasteiger partial charge is 0.240 e. The van der Waals surface area contributed by atoms with Crippen molar-refractivity contribution >= 4 is 5.91 Å². The van der Waals surface area contributed by atoms with E-state index in [2.05, 4.69) is 29.5 Å². The second-order valence-corrected chi connectivity index (χ2v) is 3.91. The van der Waals surface area contributed by atoms with E-state index in [-0.39, 0.29) is 5.91 Å². The summed E-state index contributed by atoms with van der Waals surface area (Å²) in [6, 6.07) is 0. The third-order valence-electron chi connectivity index (χ3n) is 3.20. The average Bonchev–Trinajstić information content (AvgIpc) is 2.51. The molecule has 0 aliphatic carbocycles. The van der Waals surface area contributed by atoms with E-state index in [4.69, 9.17) is 0 Å². The molecular formula is C15H37N3O. The Labute approximate surface area is 121 Å². The molecule has 118 valence electrons. The molecule has 4 nitrogen and oxygen atoms in total. The molecule has 0 aliphatic rings. The Morgan fingerprint density at radius 2 is 1.58 bits per heavy atom. The summed E-state index contributed by atoms with van der Waals surface area (Å²) in [4.78, 5) is 14.0. The van der Waals surface area contributed by atoms with E-state index >= 15 is 0 Å². The Morgan fingerprint density at radius 1 is 1.11 bits per heavy atom. The molecule has 1 unspecified atom stereocenters. The molecule has 0 bridgehead atoms. The molecule has 0 aliphatic heterocycles. The second kappa shape index (κ2) is 15.4. The number of nitrogens with zero attached hydrogens (tertiary/aromatic N) is 1. The van der Waals surface area contributed by atoms with Crippen molar-refractivity contribution in [2.24, 2.45) is 0 Å². The zero-order chi connectivity index (χ0) is 15.9. The van der Waals surface area contributed by atoms with Crippen LogP contribution < -0.4 is 10.6 Å². The van der Waals surface area contributed by atoms with Crippen LogP contribution in [0.1, 0.15) is 54.4 Å². The van der Waals surface area contributed by atoms with Crippen LogP contribution in [0.3, 0.4) is 0 Å². The Morgan fingerprint density at radius 3 is 1.84 bits per heavy atom. The minimum atomic E-state index is -0.418. The van der Waals surface area contributed by atoms with Crippen LogP contribution in [0.4, 0.5) is 0 Å². The number of amides is 1. The van der Waals surface area contributed by atoms with Gasteiger partial charge in [-0.05, 0) is 33.5 Å². The van der Waals surface area contributed by atoms with Crippen LogP contribution in [-0.2, 0) is 4.79 Å². The fourth-order valence-corrected chi connectivity index (χ4v) is 1.65. The van der Waals surface area contributed by atoms with E-state index in [0.717, 1.165) is 25.9 Å². The van der Waals surface area contributed by atoms with E-state index in [1.807, 2.05) is 41.7 Å². The summed E-state index contributed by atoms with van der Waals surface area (Å²) in [6.07, 6.45) is 1.64. The molecule has 1 atom stereocenters. The number of nitrogens with one attached hydrogen (secondary N) is 2. The van der Waals surface area contributed by atoms with E-state index in [1.54, 1.807) is 7.05 Å². The van der Waals surface area contributed by atoms with Gasteiger partial charge in [-0.2, -0.15) is 0 Å². The molecule has 4 heteroatoms. The molecule has 0 rings (SSSR count). The van der Waals surface area contributed by atoms with Gasteiger partial charge in [0.15, 0.2) is 0 Å². The summed E-state index contributed by atoms with van der Waals surface area (Å²) in [7, 11) is 5.61. The maximum absolute atomic E-state index is 11.8. The zero-order valence-corrected chi connectivity index (χ0v) is 14.7. The van der Waals surface area contributed by atoms with Gasteiger partial charge in [0.05, 0.1) is 5.54 Å². The SMILES string of the molecule is CC.CC.CCN(C)CCC(CC)(NC)C(=O)NC. The summed E-state index contributed by atoms with van der Waals surface area (Å²) in [5.41, 5.74) is -0.418. The highest BCUT2D eigenvalue weighted by Crippen LogP contribution is 2.15. The predicted octanol–water partition coefficient (Wildman–Crippen LogP) is 2.49. The van der Waals surface area contributed by atoms with E-state index in [9.17, 15) is 4.79 Å². The summed E-state index contributed by atoms with van der Waals surface area (Å²) in [6.45, 7) is 14.1. The molecule has 1 amide bonds. The van der Waals surface area contributed by atoms with Gasteiger partial charge in [0, 0.05) is 13.6 Å². The summed E-state index contributed by atoms with van der Waals surface area (Å²) >= 11 is 0. The molecule has 0 aromatic carbocycles. The van der Waals surface area contributed by atoms with Gasteiger partial charge in [0.1, 0.15) is 0 Å². The van der Waals surface area contributed by atoms with Crippen LogP contribution >= 0.6 is 0 Å². The zero-order valence-electron chi connectivity index (χ0n) is 14.7.